The molecule has 0 radical (unpaired) electrons. The number of carbonyl (C=O) groups excluding carboxylic acids is 1. The Balaban J connectivity index is 1.29. The Morgan fingerprint density at radius 1 is 1.15 bits per heavy atom. The van der Waals surface area contributed by atoms with E-state index in [-0.39, 0.29) is 5.41 Å². The van der Waals surface area contributed by atoms with Gasteiger partial charge >= 0.3 is 0 Å². The Hall–Kier alpha value is -2.14. The molecule has 1 atom stereocenters. The van der Waals surface area contributed by atoms with Gasteiger partial charge in [0, 0.05) is 44.3 Å². The van der Waals surface area contributed by atoms with Crippen LogP contribution in [0.1, 0.15) is 37.8 Å². The first-order chi connectivity index (χ1) is 13.2. The van der Waals surface area contributed by atoms with Crippen molar-refractivity contribution in [2.45, 2.75) is 38.6 Å². The Morgan fingerprint density at radius 2 is 2.07 bits per heavy atom. The molecule has 2 aliphatic heterocycles. The van der Waals surface area contributed by atoms with Crippen molar-refractivity contribution in [2.24, 2.45) is 11.3 Å². The third kappa shape index (κ3) is 3.29. The molecule has 3 aliphatic rings. The monoisotopic (exact) mass is 364 g/mol. The molecule has 5 rings (SSSR count). The lowest BCUT2D eigenvalue weighted by molar-refractivity contribution is -0.145. The number of rotatable bonds is 5. The molecule has 0 unspecified atom stereocenters. The number of amides is 1. The smallest absolute Gasteiger partial charge is 0.230 e. The first-order valence-electron chi connectivity index (χ1n) is 10.3. The van der Waals surface area contributed by atoms with E-state index in [1.165, 1.54) is 25.0 Å². The van der Waals surface area contributed by atoms with Crippen LogP contribution < -0.4 is 0 Å². The molecule has 1 spiro atoms. The molecule has 2 aromatic heterocycles. The molecule has 1 amide bonds. The van der Waals surface area contributed by atoms with Crippen LogP contribution in [0, 0.1) is 11.3 Å². The van der Waals surface area contributed by atoms with E-state index in [2.05, 4.69) is 43.7 Å². The van der Waals surface area contributed by atoms with Gasteiger partial charge in [0.2, 0.25) is 5.91 Å². The summed E-state index contributed by atoms with van der Waals surface area (Å²) >= 11 is 0. The van der Waals surface area contributed by atoms with E-state index in [1.807, 2.05) is 12.3 Å². The SMILES string of the molecule is O=C1N(CC2CC2)CCC[C@]12CCN(Cc1cccn1-c1cccnc1)C2. The molecule has 2 saturated heterocycles. The van der Waals surface area contributed by atoms with Gasteiger partial charge in [-0.3, -0.25) is 14.7 Å². The highest BCUT2D eigenvalue weighted by molar-refractivity contribution is 5.84. The fourth-order valence-electron chi connectivity index (χ4n) is 4.93. The number of hydrogen-bond acceptors (Lipinski definition) is 3. The summed E-state index contributed by atoms with van der Waals surface area (Å²) in [4.78, 5) is 22.1. The van der Waals surface area contributed by atoms with E-state index >= 15 is 0 Å². The average molecular weight is 364 g/mol. The van der Waals surface area contributed by atoms with Crippen molar-refractivity contribution in [1.29, 1.82) is 0 Å². The normalized spacial score (nSPS) is 26.2. The number of pyridine rings is 1. The van der Waals surface area contributed by atoms with Gasteiger partial charge in [0.05, 0.1) is 17.3 Å². The van der Waals surface area contributed by atoms with Gasteiger partial charge in [-0.1, -0.05) is 0 Å². The lowest BCUT2D eigenvalue weighted by Crippen LogP contribution is -2.50. The molecule has 1 aliphatic carbocycles. The number of likely N-dealkylation sites (tertiary alicyclic amines) is 2. The molecule has 0 N–H and O–H groups in total. The van der Waals surface area contributed by atoms with Crippen molar-refractivity contribution < 1.29 is 4.79 Å². The van der Waals surface area contributed by atoms with E-state index in [1.54, 1.807) is 6.20 Å². The Labute approximate surface area is 161 Å². The highest BCUT2D eigenvalue weighted by Gasteiger charge is 2.48. The maximum Gasteiger partial charge on any atom is 0.230 e. The molecule has 3 fully saturated rings. The number of carbonyl (C=O) groups is 1. The zero-order chi connectivity index (χ0) is 18.3. The average Bonchev–Trinajstić information content (AvgIpc) is 3.23. The zero-order valence-corrected chi connectivity index (χ0v) is 15.9. The van der Waals surface area contributed by atoms with Crippen LogP contribution in [0.4, 0.5) is 0 Å². The van der Waals surface area contributed by atoms with Crippen LogP contribution in [0.25, 0.3) is 5.69 Å². The predicted molar refractivity (Wildman–Crippen MR) is 104 cm³/mol. The molecule has 0 aromatic carbocycles. The van der Waals surface area contributed by atoms with Gasteiger partial charge < -0.3 is 9.47 Å². The first kappa shape index (κ1) is 17.0. The number of nitrogens with zero attached hydrogens (tertiary/aromatic N) is 4. The summed E-state index contributed by atoms with van der Waals surface area (Å²) in [5.74, 6) is 1.22. The van der Waals surface area contributed by atoms with Gasteiger partial charge in [-0.2, -0.15) is 0 Å². The van der Waals surface area contributed by atoms with Gasteiger partial charge in [0.15, 0.2) is 0 Å². The highest BCUT2D eigenvalue weighted by atomic mass is 16.2. The lowest BCUT2D eigenvalue weighted by Gasteiger charge is -2.39. The number of hydrogen-bond donors (Lipinski definition) is 0. The number of aromatic nitrogens is 2. The fraction of sp³-hybridized carbons (Fsp3) is 0.545. The van der Waals surface area contributed by atoms with Crippen LogP contribution in [0.15, 0.2) is 42.9 Å². The molecule has 5 nitrogen and oxygen atoms in total. The van der Waals surface area contributed by atoms with E-state index < -0.39 is 0 Å². The maximum absolute atomic E-state index is 13.2. The molecular weight excluding hydrogens is 336 g/mol. The summed E-state index contributed by atoms with van der Waals surface area (Å²) in [5, 5.41) is 0. The van der Waals surface area contributed by atoms with Crippen LogP contribution in [-0.2, 0) is 11.3 Å². The van der Waals surface area contributed by atoms with Crippen molar-refractivity contribution in [3.8, 4) is 5.69 Å². The summed E-state index contributed by atoms with van der Waals surface area (Å²) in [6, 6.07) is 8.33. The third-order valence-corrected chi connectivity index (χ3v) is 6.58. The standard InChI is InChI=1S/C22H28N4O/c27-21-22(8-3-11-25(21)15-18-6-7-18)9-13-24(17-22)16-20-5-2-12-26(20)19-4-1-10-23-14-19/h1-2,4-5,10,12,14,18H,3,6-9,11,13,15-17H2/t22-/m1/s1. The van der Waals surface area contributed by atoms with E-state index in [9.17, 15) is 4.79 Å². The molecule has 142 valence electrons. The van der Waals surface area contributed by atoms with Crippen molar-refractivity contribution in [3.63, 3.8) is 0 Å². The van der Waals surface area contributed by atoms with Gasteiger partial charge in [-0.25, -0.2) is 0 Å². The summed E-state index contributed by atoms with van der Waals surface area (Å²) in [7, 11) is 0. The van der Waals surface area contributed by atoms with Crippen LogP contribution in [0.3, 0.4) is 0 Å². The Bertz CT molecular complexity index is 813. The van der Waals surface area contributed by atoms with E-state index in [0.717, 1.165) is 57.2 Å². The van der Waals surface area contributed by atoms with Crippen molar-refractivity contribution in [3.05, 3.63) is 48.5 Å². The molecule has 27 heavy (non-hydrogen) atoms. The van der Waals surface area contributed by atoms with Crippen LogP contribution in [-0.4, -0.2) is 51.4 Å². The Morgan fingerprint density at radius 3 is 2.89 bits per heavy atom. The summed E-state index contributed by atoms with van der Waals surface area (Å²) < 4.78 is 2.21. The molecule has 5 heteroatoms. The lowest BCUT2D eigenvalue weighted by atomic mass is 9.78. The summed E-state index contributed by atoms with van der Waals surface area (Å²) in [5.41, 5.74) is 2.23. The van der Waals surface area contributed by atoms with Crippen molar-refractivity contribution in [2.75, 3.05) is 26.2 Å². The molecule has 1 saturated carbocycles. The second-order valence-corrected chi connectivity index (χ2v) is 8.62. The topological polar surface area (TPSA) is 41.4 Å². The Kier molecular flexibility index (Phi) is 4.27. The van der Waals surface area contributed by atoms with E-state index in [4.69, 9.17) is 0 Å². The number of piperidine rings is 1. The highest BCUT2D eigenvalue weighted by Crippen LogP contribution is 2.42. The van der Waals surface area contributed by atoms with Crippen LogP contribution in [0.5, 0.6) is 0 Å². The summed E-state index contributed by atoms with van der Waals surface area (Å²) in [6.07, 6.45) is 11.7. The molecule has 0 bridgehead atoms. The zero-order valence-electron chi connectivity index (χ0n) is 15.9. The second kappa shape index (κ2) is 6.79. The largest absolute Gasteiger partial charge is 0.342 e. The minimum atomic E-state index is -0.126. The summed E-state index contributed by atoms with van der Waals surface area (Å²) in [6.45, 7) is 4.79. The first-order valence-corrected chi connectivity index (χ1v) is 10.3. The minimum absolute atomic E-state index is 0.126. The minimum Gasteiger partial charge on any atom is -0.342 e. The van der Waals surface area contributed by atoms with E-state index in [0.29, 0.717) is 5.91 Å². The molecular formula is C22H28N4O. The van der Waals surface area contributed by atoms with Gasteiger partial charge in [-0.05, 0) is 68.8 Å². The molecule has 2 aromatic rings. The fourth-order valence-corrected chi connectivity index (χ4v) is 4.93. The van der Waals surface area contributed by atoms with Crippen LogP contribution >= 0.6 is 0 Å². The van der Waals surface area contributed by atoms with Gasteiger partial charge in [0.1, 0.15) is 0 Å². The van der Waals surface area contributed by atoms with Crippen molar-refractivity contribution in [1.82, 2.24) is 19.4 Å². The van der Waals surface area contributed by atoms with Crippen LogP contribution in [0.2, 0.25) is 0 Å². The third-order valence-electron chi connectivity index (χ3n) is 6.58. The van der Waals surface area contributed by atoms with Crippen molar-refractivity contribution >= 4 is 5.91 Å². The van der Waals surface area contributed by atoms with Gasteiger partial charge in [-0.15, -0.1) is 0 Å². The maximum atomic E-state index is 13.2. The molecule has 4 heterocycles. The second-order valence-electron chi connectivity index (χ2n) is 8.62. The quantitative estimate of drug-likeness (QED) is 0.819. The van der Waals surface area contributed by atoms with Gasteiger partial charge in [0.25, 0.3) is 0 Å². The predicted octanol–water partition coefficient (Wildman–Crippen LogP) is 3.10.